The molecule has 1 N–H and O–H groups in total. The Bertz CT molecular complexity index is 539. The molecule has 0 saturated heterocycles. The van der Waals surface area contributed by atoms with Crippen molar-refractivity contribution in [3.05, 3.63) is 33.8 Å². The van der Waals surface area contributed by atoms with E-state index in [-0.39, 0.29) is 17.8 Å². The molecule has 1 unspecified atom stereocenters. The molecule has 0 amide bonds. The molecule has 1 nitrogen and oxygen atoms in total. The molecule has 4 aliphatic carbocycles. The Morgan fingerprint density at radius 3 is 2.09 bits per heavy atom. The first-order chi connectivity index (χ1) is 10.5. The van der Waals surface area contributed by atoms with Crippen molar-refractivity contribution in [1.29, 1.82) is 0 Å². The highest BCUT2D eigenvalue weighted by atomic mass is 35.5. The van der Waals surface area contributed by atoms with Crippen LogP contribution in [0.5, 0.6) is 0 Å². The molecule has 4 saturated carbocycles. The SMILES string of the molecule is Cl.Clc1ccc(C(Cl)CNC23CC4CC(CC(C4)C2)C3)cc1Cl. The van der Waals surface area contributed by atoms with Crippen molar-refractivity contribution in [2.24, 2.45) is 17.8 Å². The molecule has 0 spiro atoms. The van der Waals surface area contributed by atoms with E-state index in [1.165, 1.54) is 38.5 Å². The maximum atomic E-state index is 6.61. The van der Waals surface area contributed by atoms with Crippen LogP contribution in [-0.4, -0.2) is 12.1 Å². The fourth-order valence-corrected chi connectivity index (χ4v) is 5.98. The number of halogens is 4. The molecule has 4 aliphatic rings. The summed E-state index contributed by atoms with van der Waals surface area (Å²) in [4.78, 5) is 0. The zero-order chi connectivity index (χ0) is 15.3. The Labute approximate surface area is 159 Å². The van der Waals surface area contributed by atoms with Gasteiger partial charge in [0.1, 0.15) is 0 Å². The summed E-state index contributed by atoms with van der Waals surface area (Å²) in [5, 5.41) is 4.97. The minimum absolute atomic E-state index is 0. The van der Waals surface area contributed by atoms with Gasteiger partial charge in [0.15, 0.2) is 0 Å². The molecule has 0 radical (unpaired) electrons. The van der Waals surface area contributed by atoms with Gasteiger partial charge in [0.25, 0.3) is 0 Å². The first kappa shape index (κ1) is 18.1. The molecular weight excluding hydrogens is 372 g/mol. The van der Waals surface area contributed by atoms with Gasteiger partial charge in [-0.15, -0.1) is 24.0 Å². The van der Waals surface area contributed by atoms with Crippen LogP contribution in [0.25, 0.3) is 0 Å². The quantitative estimate of drug-likeness (QED) is 0.594. The van der Waals surface area contributed by atoms with Gasteiger partial charge in [-0.1, -0.05) is 29.3 Å². The summed E-state index contributed by atoms with van der Waals surface area (Å²) >= 11 is 18.7. The lowest BCUT2D eigenvalue weighted by Crippen LogP contribution is -2.58. The lowest BCUT2D eigenvalue weighted by atomic mass is 9.53. The molecule has 4 fully saturated rings. The molecular formula is C18H23Cl4N. The smallest absolute Gasteiger partial charge is 0.0710 e. The summed E-state index contributed by atoms with van der Waals surface area (Å²) in [5.41, 5.74) is 1.41. The van der Waals surface area contributed by atoms with Gasteiger partial charge in [0, 0.05) is 12.1 Å². The molecule has 5 heteroatoms. The van der Waals surface area contributed by atoms with Crippen molar-refractivity contribution in [2.75, 3.05) is 6.54 Å². The summed E-state index contributed by atoms with van der Waals surface area (Å²) in [5.74, 6) is 2.87. The molecule has 0 heterocycles. The van der Waals surface area contributed by atoms with Crippen LogP contribution < -0.4 is 5.32 Å². The second kappa shape index (κ2) is 6.92. The standard InChI is InChI=1S/C18H22Cl3N.ClH/c19-15-2-1-14(6-16(15)20)17(21)10-22-18-7-11-3-12(8-18)5-13(4-11)9-18;/h1-2,6,11-13,17,22H,3-5,7-10H2;1H. The lowest BCUT2D eigenvalue weighted by molar-refractivity contribution is -0.0194. The Balaban J connectivity index is 0.00000156. The van der Waals surface area contributed by atoms with E-state index in [0.29, 0.717) is 15.6 Å². The third-order valence-electron chi connectivity index (χ3n) is 6.00. The van der Waals surface area contributed by atoms with Crippen LogP contribution >= 0.6 is 47.2 Å². The number of rotatable bonds is 4. The Morgan fingerprint density at radius 1 is 1.00 bits per heavy atom. The van der Waals surface area contributed by atoms with E-state index in [1.807, 2.05) is 18.2 Å². The normalized spacial score (nSPS) is 35.9. The number of alkyl halides is 1. The third-order valence-corrected chi connectivity index (χ3v) is 7.15. The highest BCUT2D eigenvalue weighted by molar-refractivity contribution is 6.42. The van der Waals surface area contributed by atoms with E-state index < -0.39 is 0 Å². The summed E-state index contributed by atoms with van der Waals surface area (Å²) in [6.07, 6.45) is 8.46. The number of hydrogen-bond acceptors (Lipinski definition) is 1. The van der Waals surface area contributed by atoms with E-state index >= 15 is 0 Å². The fraction of sp³-hybridized carbons (Fsp3) is 0.667. The molecule has 1 aromatic rings. The van der Waals surface area contributed by atoms with Gasteiger partial charge in [-0.2, -0.15) is 0 Å². The van der Waals surface area contributed by atoms with Crippen molar-refractivity contribution in [3.8, 4) is 0 Å². The predicted molar refractivity (Wildman–Crippen MR) is 101 cm³/mol. The number of benzene rings is 1. The summed E-state index contributed by atoms with van der Waals surface area (Å²) in [7, 11) is 0. The minimum Gasteiger partial charge on any atom is -0.309 e. The van der Waals surface area contributed by atoms with Gasteiger partial charge in [0.2, 0.25) is 0 Å². The van der Waals surface area contributed by atoms with Crippen LogP contribution in [0.1, 0.15) is 49.5 Å². The average molecular weight is 395 g/mol. The van der Waals surface area contributed by atoms with Gasteiger partial charge in [-0.25, -0.2) is 0 Å². The maximum absolute atomic E-state index is 6.61. The lowest BCUT2D eigenvalue weighted by Gasteiger charge is -2.57. The van der Waals surface area contributed by atoms with Crippen molar-refractivity contribution in [2.45, 2.75) is 49.4 Å². The van der Waals surface area contributed by atoms with Crippen LogP contribution in [0.4, 0.5) is 0 Å². The zero-order valence-corrected chi connectivity index (χ0v) is 16.1. The second-order valence-electron chi connectivity index (χ2n) is 7.72. The van der Waals surface area contributed by atoms with Crippen LogP contribution in [-0.2, 0) is 0 Å². The topological polar surface area (TPSA) is 12.0 Å². The van der Waals surface area contributed by atoms with Crippen molar-refractivity contribution >= 4 is 47.2 Å². The van der Waals surface area contributed by atoms with Crippen LogP contribution in [0.15, 0.2) is 18.2 Å². The predicted octanol–water partition coefficient (Wildman–Crippen LogP) is 6.25. The summed E-state index contributed by atoms with van der Waals surface area (Å²) < 4.78 is 0. The highest BCUT2D eigenvalue weighted by Crippen LogP contribution is 2.55. The van der Waals surface area contributed by atoms with Gasteiger partial charge in [-0.3, -0.25) is 0 Å². The second-order valence-corrected chi connectivity index (χ2v) is 9.06. The van der Waals surface area contributed by atoms with Gasteiger partial charge in [0.05, 0.1) is 15.4 Å². The van der Waals surface area contributed by atoms with Crippen molar-refractivity contribution in [3.63, 3.8) is 0 Å². The fourth-order valence-electron chi connectivity index (χ4n) is 5.46. The number of hydrogen-bond donors (Lipinski definition) is 1. The van der Waals surface area contributed by atoms with Gasteiger partial charge >= 0.3 is 0 Å². The molecule has 0 aliphatic heterocycles. The molecule has 1 aromatic carbocycles. The van der Waals surface area contributed by atoms with E-state index in [2.05, 4.69) is 5.32 Å². The minimum atomic E-state index is -0.0530. The Kier molecular flexibility index (Phi) is 5.46. The highest BCUT2D eigenvalue weighted by Gasteiger charge is 2.50. The maximum Gasteiger partial charge on any atom is 0.0710 e. The Morgan fingerprint density at radius 2 is 1.57 bits per heavy atom. The molecule has 5 rings (SSSR count). The van der Waals surface area contributed by atoms with Gasteiger partial charge < -0.3 is 5.32 Å². The molecule has 1 atom stereocenters. The summed E-state index contributed by atoms with van der Waals surface area (Å²) in [6.45, 7) is 0.811. The summed E-state index contributed by atoms with van der Waals surface area (Å²) in [6, 6.07) is 5.70. The third kappa shape index (κ3) is 3.65. The van der Waals surface area contributed by atoms with Crippen LogP contribution in [0.3, 0.4) is 0 Å². The van der Waals surface area contributed by atoms with E-state index in [1.54, 1.807) is 0 Å². The largest absolute Gasteiger partial charge is 0.309 e. The van der Waals surface area contributed by atoms with Crippen molar-refractivity contribution in [1.82, 2.24) is 5.32 Å². The first-order valence-electron chi connectivity index (χ1n) is 8.37. The van der Waals surface area contributed by atoms with Crippen LogP contribution in [0.2, 0.25) is 10.0 Å². The molecule has 23 heavy (non-hydrogen) atoms. The average Bonchev–Trinajstić information content (AvgIpc) is 2.46. The zero-order valence-electron chi connectivity index (χ0n) is 13.0. The Hall–Kier alpha value is 0.340. The van der Waals surface area contributed by atoms with E-state index in [9.17, 15) is 0 Å². The van der Waals surface area contributed by atoms with Crippen molar-refractivity contribution < 1.29 is 0 Å². The monoisotopic (exact) mass is 393 g/mol. The molecule has 0 aromatic heterocycles. The number of nitrogens with one attached hydrogen (secondary N) is 1. The molecule has 4 bridgehead atoms. The first-order valence-corrected chi connectivity index (χ1v) is 9.56. The molecule has 128 valence electrons. The van der Waals surface area contributed by atoms with E-state index in [0.717, 1.165) is 29.9 Å². The van der Waals surface area contributed by atoms with E-state index in [4.69, 9.17) is 34.8 Å². The van der Waals surface area contributed by atoms with Crippen LogP contribution in [0, 0.1) is 17.8 Å². The van der Waals surface area contributed by atoms with Gasteiger partial charge in [-0.05, 0) is 74.0 Å².